The molecule has 5 rings (SSSR count). The first-order valence-electron chi connectivity index (χ1n) is 38.8. The first-order chi connectivity index (χ1) is 56.4. The molecule has 4 saturated heterocycles. The average molecular weight is 1700 g/mol. The topological polar surface area (TPSA) is 701 Å². The van der Waals surface area contributed by atoms with Gasteiger partial charge in [-0.25, -0.2) is 4.79 Å². The molecule has 4 fully saturated rings. The van der Waals surface area contributed by atoms with Crippen molar-refractivity contribution in [1.82, 2.24) is 57.7 Å². The second-order valence-electron chi connectivity index (χ2n) is 28.2. The Hall–Kier alpha value is -7.32. The van der Waals surface area contributed by atoms with Crippen molar-refractivity contribution < 1.29 is 177 Å². The van der Waals surface area contributed by atoms with E-state index in [9.17, 15) is 130 Å². The Morgan fingerprint density at radius 1 is 0.364 bits per heavy atom. The number of carbonyl (C=O) groups excluding carboxylic acids is 10. The minimum absolute atomic E-state index is 0.0287. The first-order valence-corrected chi connectivity index (χ1v) is 38.8. The van der Waals surface area contributed by atoms with Crippen LogP contribution >= 0.6 is 0 Å². The second kappa shape index (κ2) is 54.9. The third-order valence-corrected chi connectivity index (χ3v) is 18.9. The largest absolute Gasteiger partial charge is 0.469 e. The van der Waals surface area contributed by atoms with Gasteiger partial charge in [-0.3, -0.25) is 53.0 Å². The van der Waals surface area contributed by atoms with Crippen molar-refractivity contribution in [2.75, 3.05) is 145 Å². The van der Waals surface area contributed by atoms with E-state index in [4.69, 9.17) is 47.4 Å². The summed E-state index contributed by atoms with van der Waals surface area (Å²) in [6, 6.07) is 6.17. The molecule has 0 radical (unpaired) electrons. The maximum Gasteiger partial charge on any atom is 0.407 e. The number of nitrogens with one attached hydrogen (secondary N) is 9. The fraction of sp³-hybridized carbons (Fsp3) is 0.775. The van der Waals surface area contributed by atoms with Crippen LogP contribution in [-0.4, -0.2) is 431 Å². The van der Waals surface area contributed by atoms with Gasteiger partial charge in [-0.15, -0.1) is 0 Å². The number of carbonyl (C=O) groups is 10. The summed E-state index contributed by atoms with van der Waals surface area (Å²) in [5.41, 5.74) is 0.724. The van der Waals surface area contributed by atoms with Gasteiger partial charge in [-0.2, -0.15) is 0 Å². The van der Waals surface area contributed by atoms with Crippen LogP contribution in [0.25, 0.3) is 0 Å². The molecule has 22 atom stereocenters. The first kappa shape index (κ1) is 101. The number of unbranched alkanes of at least 4 members (excludes halogenated alkanes) is 4. The molecule has 4 heterocycles. The van der Waals surface area contributed by atoms with Crippen LogP contribution in [0.2, 0.25) is 0 Å². The highest BCUT2D eigenvalue weighted by atomic mass is 16.7. The minimum Gasteiger partial charge on any atom is -0.469 e. The Bertz CT molecular complexity index is 3050. The number of amides is 9. The number of esters is 1. The van der Waals surface area contributed by atoms with E-state index in [1.807, 2.05) is 0 Å². The SMILES string of the molecule is COC(=O)CCCCCNC(=O)[C@H](CCCCNC(=O)[C@H](CCCCNC(=O)OCc1ccccc1)NC(=O)CN(CC(=O)NCCO[C@H]1O[C@H](CO)[C@@H](O)[C@H](O)[C@@H]1O)CC(=O)NCCO[C@H]1O[C@H](CO)[C@@H](O)[C@H](O)[C@@H]1O)NC(=O)CN(CC(=O)NCCO[C@H]1O[C@H](CO)[C@@H](O)[C@H](O)[C@@H]1O)CC(=O)NCCO[C@H]1O[C@H](CO)[C@@H](O)[C@H](O)[C@@H]1O. The molecular weight excluding hydrogens is 1580 g/mol. The molecule has 4 aliphatic rings. The molecule has 674 valence electrons. The van der Waals surface area contributed by atoms with E-state index in [0.717, 1.165) is 15.4 Å². The predicted molar refractivity (Wildman–Crippen MR) is 396 cm³/mol. The number of hydrogen-bond acceptors (Lipinski definition) is 38. The summed E-state index contributed by atoms with van der Waals surface area (Å²) < 4.78 is 53.1. The molecule has 0 unspecified atom stereocenters. The number of hydrogen-bond donors (Lipinski definition) is 25. The summed E-state index contributed by atoms with van der Waals surface area (Å²) in [4.78, 5) is 137. The molecule has 1 aromatic carbocycles. The summed E-state index contributed by atoms with van der Waals surface area (Å²) in [6.07, 6.45) is -31.1. The van der Waals surface area contributed by atoms with Crippen molar-refractivity contribution in [2.24, 2.45) is 0 Å². The lowest BCUT2D eigenvalue weighted by Gasteiger charge is -2.39. The highest BCUT2D eigenvalue weighted by molar-refractivity contribution is 5.90. The van der Waals surface area contributed by atoms with Gasteiger partial charge in [0.2, 0.25) is 47.3 Å². The normalized spacial score (nSPS) is 27.5. The lowest BCUT2D eigenvalue weighted by molar-refractivity contribution is -0.300. The Morgan fingerprint density at radius 3 is 0.983 bits per heavy atom. The predicted octanol–water partition coefficient (Wildman–Crippen LogP) is -13.5. The van der Waals surface area contributed by atoms with Gasteiger partial charge in [0.25, 0.3) is 0 Å². The van der Waals surface area contributed by atoms with Crippen LogP contribution in [0.3, 0.4) is 0 Å². The number of benzene rings is 1. The number of aliphatic hydroxyl groups excluding tert-OH is 16. The van der Waals surface area contributed by atoms with E-state index >= 15 is 0 Å². The number of alkyl carbamates (subject to hydrolysis) is 1. The van der Waals surface area contributed by atoms with Gasteiger partial charge >= 0.3 is 12.1 Å². The quantitative estimate of drug-likeness (QED) is 0.0213. The van der Waals surface area contributed by atoms with Gasteiger partial charge in [0.15, 0.2) is 25.2 Å². The second-order valence-corrected chi connectivity index (χ2v) is 28.2. The summed E-state index contributed by atoms with van der Waals surface area (Å²) in [6.45, 7) is -9.83. The minimum atomic E-state index is -1.77. The van der Waals surface area contributed by atoms with E-state index in [-0.39, 0.29) is 124 Å². The van der Waals surface area contributed by atoms with Crippen molar-refractivity contribution in [3.63, 3.8) is 0 Å². The number of nitrogens with zero attached hydrogens (tertiary/aromatic N) is 2. The van der Waals surface area contributed by atoms with Gasteiger partial charge in [-0.05, 0) is 56.9 Å². The van der Waals surface area contributed by atoms with Crippen LogP contribution in [0.1, 0.15) is 69.8 Å². The van der Waals surface area contributed by atoms with E-state index in [1.165, 1.54) is 7.11 Å². The van der Waals surface area contributed by atoms with Crippen LogP contribution < -0.4 is 47.9 Å². The molecule has 1 aromatic rings. The molecule has 0 aliphatic carbocycles. The molecule has 0 aromatic heterocycles. The summed E-state index contributed by atoms with van der Waals surface area (Å²) in [7, 11) is 1.24. The van der Waals surface area contributed by atoms with Gasteiger partial charge in [0.1, 0.15) is 116 Å². The smallest absolute Gasteiger partial charge is 0.407 e. The number of methoxy groups -OCH3 is 1. The number of ether oxygens (including phenoxy) is 10. The molecule has 9 amide bonds. The van der Waals surface area contributed by atoms with Crippen molar-refractivity contribution in [3.05, 3.63) is 35.9 Å². The lowest BCUT2D eigenvalue weighted by atomic mass is 9.99. The van der Waals surface area contributed by atoms with E-state index < -0.39 is 260 Å². The standard InChI is InChI=1S/C71H119N11O36/c1-109-52(93)16-6-3-9-17-76-65(106)40(79-50(91)32-81(28-46(87)72-20-24-110-67-61(102)57(98)53(94)42(34-83)115-67)29-47(88)73-21-25-111-68-62(103)58(99)54(95)43(35-84)116-68)14-7-10-18-77-66(107)41(15-8-11-19-78-71(108)114-38-39-12-4-2-5-13-39)80-51(92)33-82(30-48(89)74-22-26-112-69-63(104)59(100)55(96)44(36-85)117-69)31-49(90)75-23-27-113-70-64(105)60(101)56(97)45(37-86)118-70/h2,4-5,12-13,40-45,53-64,67-70,83-86,94-105H,3,6-11,14-38H2,1H3,(H,72,87)(H,73,88)(H,74,89)(H,75,90)(H,76,106)(H,77,107)(H,78,108)(H,79,91)(H,80,92)/t40-,41-,42+,43+,44+,45+,53+,54+,55+,56+,57-,58-,59-,60-,61-,62-,63-,64-,67-,68-,69-,70-/m0/s1. The molecule has 0 saturated carbocycles. The molecule has 25 N–H and O–H groups in total. The zero-order chi connectivity index (χ0) is 86.8. The average Bonchev–Trinajstić information content (AvgIpc) is 0.834. The van der Waals surface area contributed by atoms with Crippen LogP contribution in [0, 0.1) is 0 Å². The summed E-state index contributed by atoms with van der Waals surface area (Å²) in [5.74, 6) is -6.85. The maximum absolute atomic E-state index is 14.2. The Kier molecular flexibility index (Phi) is 47.1. The van der Waals surface area contributed by atoms with Crippen molar-refractivity contribution >= 4 is 59.3 Å². The summed E-state index contributed by atoms with van der Waals surface area (Å²) in [5, 5.41) is 185. The monoisotopic (exact) mass is 1700 g/mol. The van der Waals surface area contributed by atoms with Crippen molar-refractivity contribution in [2.45, 2.75) is 206 Å². The molecule has 0 bridgehead atoms. The zero-order valence-corrected chi connectivity index (χ0v) is 65.4. The number of aliphatic hydroxyl groups is 16. The molecular formula is C71H119N11O36. The fourth-order valence-corrected chi connectivity index (χ4v) is 12.3. The Labute approximate surface area is 678 Å². The fourth-order valence-electron chi connectivity index (χ4n) is 12.3. The van der Waals surface area contributed by atoms with Crippen LogP contribution in [0.15, 0.2) is 30.3 Å². The molecule has 47 heteroatoms. The van der Waals surface area contributed by atoms with Crippen molar-refractivity contribution in [1.29, 1.82) is 0 Å². The maximum atomic E-state index is 14.2. The third-order valence-electron chi connectivity index (χ3n) is 18.9. The number of rotatable bonds is 54. The molecule has 4 aliphatic heterocycles. The summed E-state index contributed by atoms with van der Waals surface area (Å²) >= 11 is 0. The Morgan fingerprint density at radius 2 is 0.669 bits per heavy atom. The third kappa shape index (κ3) is 35.4. The molecule has 47 nitrogen and oxygen atoms in total. The van der Waals surface area contributed by atoms with E-state index in [0.29, 0.717) is 19.3 Å². The highest BCUT2D eigenvalue weighted by Crippen LogP contribution is 2.26. The Balaban J connectivity index is 1.28. The van der Waals surface area contributed by atoms with Crippen molar-refractivity contribution in [3.8, 4) is 0 Å². The van der Waals surface area contributed by atoms with E-state index in [1.54, 1.807) is 30.3 Å². The molecule has 0 spiro atoms. The lowest BCUT2D eigenvalue weighted by Crippen LogP contribution is -2.59. The zero-order valence-electron chi connectivity index (χ0n) is 65.4. The van der Waals surface area contributed by atoms with Gasteiger partial charge < -0.3 is 177 Å². The van der Waals surface area contributed by atoms with Crippen LogP contribution in [0.5, 0.6) is 0 Å². The van der Waals surface area contributed by atoms with Gasteiger partial charge in [0, 0.05) is 52.2 Å². The van der Waals surface area contributed by atoms with Crippen LogP contribution in [0.4, 0.5) is 4.79 Å². The van der Waals surface area contributed by atoms with Gasteiger partial charge in [-0.1, -0.05) is 36.8 Å². The van der Waals surface area contributed by atoms with Crippen LogP contribution in [-0.2, 0) is 97.1 Å². The molecule has 118 heavy (non-hydrogen) atoms. The van der Waals surface area contributed by atoms with Gasteiger partial charge in [0.05, 0.1) is 99.2 Å². The highest BCUT2D eigenvalue weighted by Gasteiger charge is 2.48. The van der Waals surface area contributed by atoms with E-state index in [2.05, 4.69) is 47.9 Å².